The number of nitrogens with zero attached hydrogens (tertiary/aromatic N) is 1. The molecule has 25 heavy (non-hydrogen) atoms. The summed E-state index contributed by atoms with van der Waals surface area (Å²) in [6.45, 7) is 3.18. The first-order valence-electron chi connectivity index (χ1n) is 8.74. The summed E-state index contributed by atoms with van der Waals surface area (Å²) in [6, 6.07) is 15.8. The molecule has 0 unspecified atom stereocenters. The molecule has 5 heteroatoms. The number of fused-ring (bicyclic) bond motifs is 1. The third kappa shape index (κ3) is 3.73. The number of hydrogen-bond donors (Lipinski definition) is 2. The van der Waals surface area contributed by atoms with E-state index in [1.54, 1.807) is 19.2 Å². The van der Waals surface area contributed by atoms with Gasteiger partial charge in [0, 0.05) is 24.0 Å². The van der Waals surface area contributed by atoms with Crippen LogP contribution in [0.1, 0.15) is 31.0 Å². The molecule has 0 spiro atoms. The van der Waals surface area contributed by atoms with E-state index in [9.17, 15) is 10.0 Å². The van der Waals surface area contributed by atoms with Crippen molar-refractivity contribution in [1.82, 2.24) is 4.57 Å². The van der Waals surface area contributed by atoms with E-state index in [1.165, 1.54) is 11.2 Å². The smallest absolute Gasteiger partial charge is 0.488 e. The highest BCUT2D eigenvalue weighted by Gasteiger charge is 2.14. The van der Waals surface area contributed by atoms with Crippen LogP contribution in [0.2, 0.25) is 0 Å². The minimum atomic E-state index is -1.42. The van der Waals surface area contributed by atoms with E-state index >= 15 is 0 Å². The minimum Gasteiger partial charge on any atom is -0.496 e. The van der Waals surface area contributed by atoms with Crippen molar-refractivity contribution in [3.63, 3.8) is 0 Å². The molecule has 1 heterocycles. The maximum absolute atomic E-state index is 9.24. The second kappa shape index (κ2) is 7.76. The molecule has 0 saturated carbocycles. The van der Waals surface area contributed by atoms with Gasteiger partial charge in [0.15, 0.2) is 0 Å². The fourth-order valence-corrected chi connectivity index (χ4v) is 3.23. The lowest BCUT2D eigenvalue weighted by molar-refractivity contribution is 0.420. The Morgan fingerprint density at radius 2 is 1.84 bits per heavy atom. The minimum absolute atomic E-state index is 0.511. The molecule has 3 aromatic rings. The van der Waals surface area contributed by atoms with Crippen LogP contribution >= 0.6 is 0 Å². The van der Waals surface area contributed by atoms with Gasteiger partial charge in [-0.25, -0.2) is 0 Å². The first kappa shape index (κ1) is 17.6. The van der Waals surface area contributed by atoms with Crippen LogP contribution in [0.15, 0.2) is 48.5 Å². The Balaban J connectivity index is 1.98. The molecule has 0 bridgehead atoms. The SMILES string of the molecule is CCCCn1c(Cc2ccc(B(O)O)cc2)cc2c(OC)cccc21. The van der Waals surface area contributed by atoms with Crippen molar-refractivity contribution in [2.24, 2.45) is 0 Å². The predicted molar refractivity (Wildman–Crippen MR) is 102 cm³/mol. The van der Waals surface area contributed by atoms with Crippen LogP contribution in [0.5, 0.6) is 5.75 Å². The van der Waals surface area contributed by atoms with Gasteiger partial charge in [-0.2, -0.15) is 0 Å². The lowest BCUT2D eigenvalue weighted by Crippen LogP contribution is -2.29. The summed E-state index contributed by atoms with van der Waals surface area (Å²) < 4.78 is 7.89. The molecule has 0 aliphatic heterocycles. The highest BCUT2D eigenvalue weighted by Crippen LogP contribution is 2.30. The zero-order chi connectivity index (χ0) is 17.8. The van der Waals surface area contributed by atoms with E-state index in [-0.39, 0.29) is 0 Å². The second-order valence-electron chi connectivity index (χ2n) is 6.33. The van der Waals surface area contributed by atoms with Gasteiger partial charge >= 0.3 is 7.12 Å². The topological polar surface area (TPSA) is 54.6 Å². The number of aryl methyl sites for hydroxylation is 1. The van der Waals surface area contributed by atoms with Gasteiger partial charge in [-0.1, -0.05) is 43.7 Å². The first-order chi connectivity index (χ1) is 12.1. The fourth-order valence-electron chi connectivity index (χ4n) is 3.23. The Morgan fingerprint density at radius 3 is 2.48 bits per heavy atom. The molecule has 2 N–H and O–H groups in total. The van der Waals surface area contributed by atoms with E-state index in [2.05, 4.69) is 23.6 Å². The van der Waals surface area contributed by atoms with Gasteiger partial charge in [-0.15, -0.1) is 0 Å². The van der Waals surface area contributed by atoms with Gasteiger partial charge in [0.05, 0.1) is 12.6 Å². The molecule has 0 fully saturated rings. The Morgan fingerprint density at radius 1 is 1.08 bits per heavy atom. The summed E-state index contributed by atoms with van der Waals surface area (Å²) in [5.41, 5.74) is 4.09. The van der Waals surface area contributed by atoms with Gasteiger partial charge in [0.2, 0.25) is 0 Å². The van der Waals surface area contributed by atoms with Crippen LogP contribution in [-0.2, 0) is 13.0 Å². The predicted octanol–water partition coefficient (Wildman–Crippen LogP) is 2.72. The van der Waals surface area contributed by atoms with Crippen LogP contribution < -0.4 is 10.2 Å². The lowest BCUT2D eigenvalue weighted by atomic mass is 9.80. The number of methoxy groups -OCH3 is 1. The van der Waals surface area contributed by atoms with Gasteiger partial charge in [0.25, 0.3) is 0 Å². The molecule has 0 radical (unpaired) electrons. The van der Waals surface area contributed by atoms with Crippen LogP contribution in [0.3, 0.4) is 0 Å². The van der Waals surface area contributed by atoms with Gasteiger partial charge in [-0.3, -0.25) is 0 Å². The fraction of sp³-hybridized carbons (Fsp3) is 0.300. The summed E-state index contributed by atoms with van der Waals surface area (Å²) in [4.78, 5) is 0. The van der Waals surface area contributed by atoms with Gasteiger partial charge in [-0.05, 0) is 35.6 Å². The molecule has 3 rings (SSSR count). The normalized spacial score (nSPS) is 11.0. The number of aromatic nitrogens is 1. The Kier molecular flexibility index (Phi) is 5.46. The van der Waals surface area contributed by atoms with Crippen LogP contribution in [-0.4, -0.2) is 28.8 Å². The molecule has 1 aromatic heterocycles. The van der Waals surface area contributed by atoms with E-state index in [4.69, 9.17) is 4.74 Å². The lowest BCUT2D eigenvalue weighted by Gasteiger charge is -2.11. The van der Waals surface area contributed by atoms with Crippen LogP contribution in [0.25, 0.3) is 10.9 Å². The summed E-state index contributed by atoms with van der Waals surface area (Å²) in [5, 5.41) is 19.6. The summed E-state index contributed by atoms with van der Waals surface area (Å²) in [7, 11) is 0.283. The standard InChI is InChI=1S/C20H24BNO3/c1-3-4-12-22-17(13-15-8-10-16(11-9-15)21(23)24)14-18-19(22)6-5-7-20(18)25-2/h5-11,14,23-24H,3-4,12-13H2,1-2H3. The first-order valence-corrected chi connectivity index (χ1v) is 8.74. The van der Waals surface area contributed by atoms with Gasteiger partial charge < -0.3 is 19.4 Å². The number of benzene rings is 2. The van der Waals surface area contributed by atoms with Crippen LogP contribution in [0.4, 0.5) is 0 Å². The van der Waals surface area contributed by atoms with Crippen molar-refractivity contribution >= 4 is 23.5 Å². The number of rotatable bonds is 7. The van der Waals surface area contributed by atoms with Crippen molar-refractivity contribution in [3.05, 3.63) is 59.8 Å². The molecular weight excluding hydrogens is 313 g/mol. The molecule has 4 nitrogen and oxygen atoms in total. The summed E-state index contributed by atoms with van der Waals surface area (Å²) in [5.74, 6) is 0.896. The number of unbranched alkanes of at least 4 members (excludes halogenated alkanes) is 1. The molecule has 130 valence electrons. The molecule has 0 aliphatic rings. The monoisotopic (exact) mass is 337 g/mol. The molecular formula is C20H24BNO3. The maximum Gasteiger partial charge on any atom is 0.488 e. The third-order valence-electron chi connectivity index (χ3n) is 4.61. The zero-order valence-electron chi connectivity index (χ0n) is 14.8. The highest BCUT2D eigenvalue weighted by molar-refractivity contribution is 6.58. The van der Waals surface area contributed by atoms with Crippen molar-refractivity contribution in [2.45, 2.75) is 32.7 Å². The van der Waals surface area contributed by atoms with E-state index < -0.39 is 7.12 Å². The van der Waals surface area contributed by atoms with E-state index in [1.807, 2.05) is 24.3 Å². The highest BCUT2D eigenvalue weighted by atomic mass is 16.5. The van der Waals surface area contributed by atoms with E-state index in [0.29, 0.717) is 5.46 Å². The quantitative estimate of drug-likeness (QED) is 0.652. The van der Waals surface area contributed by atoms with Crippen molar-refractivity contribution in [2.75, 3.05) is 7.11 Å². The summed E-state index contributed by atoms with van der Waals surface area (Å²) in [6.07, 6.45) is 3.07. The molecule has 0 atom stereocenters. The van der Waals surface area contributed by atoms with Crippen molar-refractivity contribution < 1.29 is 14.8 Å². The van der Waals surface area contributed by atoms with Gasteiger partial charge in [0.1, 0.15) is 5.75 Å². The largest absolute Gasteiger partial charge is 0.496 e. The average Bonchev–Trinajstić information content (AvgIpc) is 2.97. The van der Waals surface area contributed by atoms with Crippen molar-refractivity contribution in [3.8, 4) is 5.75 Å². The molecule has 0 aliphatic carbocycles. The number of hydrogen-bond acceptors (Lipinski definition) is 3. The van der Waals surface area contributed by atoms with Crippen LogP contribution in [0, 0.1) is 0 Å². The summed E-state index contributed by atoms with van der Waals surface area (Å²) >= 11 is 0. The Labute approximate surface area is 148 Å². The van der Waals surface area contributed by atoms with Crippen molar-refractivity contribution in [1.29, 1.82) is 0 Å². The molecule has 0 amide bonds. The number of ether oxygens (including phenoxy) is 1. The second-order valence-corrected chi connectivity index (χ2v) is 6.33. The maximum atomic E-state index is 9.24. The molecule has 0 saturated heterocycles. The third-order valence-corrected chi connectivity index (χ3v) is 4.61. The van der Waals surface area contributed by atoms with E-state index in [0.717, 1.165) is 42.5 Å². The molecule has 2 aromatic carbocycles. The average molecular weight is 337 g/mol. The Bertz CT molecular complexity index is 840. The Hall–Kier alpha value is -2.24. The zero-order valence-corrected chi connectivity index (χ0v) is 14.8.